The van der Waals surface area contributed by atoms with Crippen LogP contribution in [0.5, 0.6) is 0 Å². The Bertz CT molecular complexity index is 273. The lowest BCUT2D eigenvalue weighted by Gasteiger charge is -2.39. The van der Waals surface area contributed by atoms with Gasteiger partial charge < -0.3 is 4.90 Å². The van der Waals surface area contributed by atoms with Crippen LogP contribution < -0.4 is 0 Å². The zero-order valence-electron chi connectivity index (χ0n) is 11.0. The third kappa shape index (κ3) is 2.52. The summed E-state index contributed by atoms with van der Waals surface area (Å²) in [6.45, 7) is 5.32. The first-order valence-corrected chi connectivity index (χ1v) is 7.64. The van der Waals surface area contributed by atoms with E-state index in [1.165, 1.54) is 77.5 Å². The summed E-state index contributed by atoms with van der Waals surface area (Å²) >= 11 is 0. The van der Waals surface area contributed by atoms with Gasteiger partial charge >= 0.3 is 0 Å². The van der Waals surface area contributed by atoms with Crippen molar-refractivity contribution in [1.82, 2.24) is 9.80 Å². The first-order chi connectivity index (χ1) is 8.45. The minimum atomic E-state index is 0.772. The Kier molecular flexibility index (Phi) is 3.70. The van der Waals surface area contributed by atoms with Gasteiger partial charge in [-0.3, -0.25) is 4.90 Å². The average Bonchev–Trinajstić information content (AvgIpc) is 2.90. The van der Waals surface area contributed by atoms with Gasteiger partial charge in [-0.15, -0.1) is 0 Å². The molecule has 0 aromatic carbocycles. The zero-order chi connectivity index (χ0) is 11.5. The molecule has 1 unspecified atom stereocenters. The molecule has 96 valence electrons. The molecule has 0 saturated carbocycles. The van der Waals surface area contributed by atoms with Gasteiger partial charge in [0, 0.05) is 24.8 Å². The number of piperidine rings is 2. The van der Waals surface area contributed by atoms with Crippen LogP contribution in [0.4, 0.5) is 0 Å². The third-order valence-corrected chi connectivity index (χ3v) is 4.69. The molecule has 2 aliphatic heterocycles. The molecule has 3 rings (SSSR count). The lowest BCUT2D eigenvalue weighted by Crippen LogP contribution is -2.44. The molecule has 3 aliphatic rings. The minimum Gasteiger partial charge on any atom is -0.374 e. The summed E-state index contributed by atoms with van der Waals surface area (Å²) in [6.07, 6.45) is 13.8. The van der Waals surface area contributed by atoms with Crippen molar-refractivity contribution in [2.24, 2.45) is 0 Å². The number of allylic oxidation sites excluding steroid dienone is 1. The quantitative estimate of drug-likeness (QED) is 0.724. The largest absolute Gasteiger partial charge is 0.374 e. The van der Waals surface area contributed by atoms with Crippen LogP contribution in [-0.2, 0) is 0 Å². The van der Waals surface area contributed by atoms with Crippen LogP contribution in [0.15, 0.2) is 11.8 Å². The van der Waals surface area contributed by atoms with Crippen molar-refractivity contribution in [2.75, 3.05) is 26.2 Å². The fourth-order valence-electron chi connectivity index (χ4n) is 3.76. The highest BCUT2D eigenvalue weighted by Gasteiger charge is 2.30. The number of likely N-dealkylation sites (tertiary alicyclic amines) is 2. The second-order valence-electron chi connectivity index (χ2n) is 5.87. The van der Waals surface area contributed by atoms with Gasteiger partial charge in [-0.25, -0.2) is 0 Å². The lowest BCUT2D eigenvalue weighted by molar-refractivity contribution is 0.149. The summed E-state index contributed by atoms with van der Waals surface area (Å²) in [5.41, 5.74) is 1.69. The summed E-state index contributed by atoms with van der Waals surface area (Å²) < 4.78 is 0. The molecular weight excluding hydrogens is 208 g/mol. The summed E-state index contributed by atoms with van der Waals surface area (Å²) in [5.74, 6) is 0. The van der Waals surface area contributed by atoms with Crippen LogP contribution in [0.1, 0.15) is 51.4 Å². The highest BCUT2D eigenvalue weighted by atomic mass is 15.2. The van der Waals surface area contributed by atoms with Crippen molar-refractivity contribution >= 4 is 0 Å². The molecule has 2 fully saturated rings. The van der Waals surface area contributed by atoms with Crippen molar-refractivity contribution < 1.29 is 0 Å². The van der Waals surface area contributed by atoms with Crippen LogP contribution in [0.2, 0.25) is 0 Å². The molecule has 0 bridgehead atoms. The maximum Gasteiger partial charge on any atom is 0.0496 e. The SMILES string of the molecule is C1=C(N2CCCCC2)C(N2CCCCC2)CC1. The first kappa shape index (κ1) is 11.6. The number of hydrogen-bond acceptors (Lipinski definition) is 2. The van der Waals surface area contributed by atoms with Gasteiger partial charge in [-0.05, 0) is 58.0 Å². The van der Waals surface area contributed by atoms with E-state index in [4.69, 9.17) is 0 Å². The Balaban J connectivity index is 1.65. The van der Waals surface area contributed by atoms with Gasteiger partial charge in [0.1, 0.15) is 0 Å². The molecule has 0 spiro atoms. The second kappa shape index (κ2) is 5.43. The third-order valence-electron chi connectivity index (χ3n) is 4.69. The van der Waals surface area contributed by atoms with Crippen molar-refractivity contribution in [3.8, 4) is 0 Å². The molecule has 0 aromatic rings. The number of nitrogens with zero attached hydrogens (tertiary/aromatic N) is 2. The second-order valence-corrected chi connectivity index (χ2v) is 5.87. The van der Waals surface area contributed by atoms with Gasteiger partial charge in [0.15, 0.2) is 0 Å². The molecule has 0 radical (unpaired) electrons. The molecule has 1 atom stereocenters. The van der Waals surface area contributed by atoms with E-state index < -0.39 is 0 Å². The molecule has 1 aliphatic carbocycles. The summed E-state index contributed by atoms with van der Waals surface area (Å²) in [4.78, 5) is 5.45. The van der Waals surface area contributed by atoms with Crippen LogP contribution in [-0.4, -0.2) is 42.0 Å². The summed E-state index contributed by atoms with van der Waals surface area (Å²) in [5, 5.41) is 0. The van der Waals surface area contributed by atoms with Gasteiger partial charge in [0.2, 0.25) is 0 Å². The van der Waals surface area contributed by atoms with Crippen molar-refractivity contribution in [1.29, 1.82) is 0 Å². The molecule has 2 saturated heterocycles. The summed E-state index contributed by atoms with van der Waals surface area (Å²) in [7, 11) is 0. The van der Waals surface area contributed by atoms with E-state index in [9.17, 15) is 0 Å². The topological polar surface area (TPSA) is 6.48 Å². The van der Waals surface area contributed by atoms with Crippen LogP contribution in [0.3, 0.4) is 0 Å². The smallest absolute Gasteiger partial charge is 0.0496 e. The Hall–Kier alpha value is -0.500. The van der Waals surface area contributed by atoms with Gasteiger partial charge in [-0.2, -0.15) is 0 Å². The molecule has 0 amide bonds. The predicted octanol–water partition coefficient (Wildman–Crippen LogP) is 3.00. The molecule has 2 nitrogen and oxygen atoms in total. The van der Waals surface area contributed by atoms with E-state index in [1.54, 1.807) is 5.70 Å². The zero-order valence-corrected chi connectivity index (χ0v) is 11.0. The van der Waals surface area contributed by atoms with Crippen molar-refractivity contribution in [2.45, 2.75) is 57.4 Å². The molecule has 17 heavy (non-hydrogen) atoms. The van der Waals surface area contributed by atoms with E-state index >= 15 is 0 Å². The van der Waals surface area contributed by atoms with Crippen molar-refractivity contribution in [3.05, 3.63) is 11.8 Å². The molecule has 0 aromatic heterocycles. The summed E-state index contributed by atoms with van der Waals surface area (Å²) in [6, 6.07) is 0.772. The van der Waals surface area contributed by atoms with Crippen molar-refractivity contribution in [3.63, 3.8) is 0 Å². The van der Waals surface area contributed by atoms with E-state index in [1.807, 2.05) is 0 Å². The van der Waals surface area contributed by atoms with Gasteiger partial charge in [-0.1, -0.05) is 12.5 Å². The van der Waals surface area contributed by atoms with Gasteiger partial charge in [0.05, 0.1) is 0 Å². The standard InChI is InChI=1S/C15H26N2/c1-3-10-16(11-4-1)14-8-7-9-15(14)17-12-5-2-6-13-17/h8,15H,1-7,9-13H2. The normalized spacial score (nSPS) is 31.6. The first-order valence-electron chi connectivity index (χ1n) is 7.64. The Morgan fingerprint density at radius 3 is 2.18 bits per heavy atom. The number of hydrogen-bond donors (Lipinski definition) is 0. The van der Waals surface area contributed by atoms with Crippen LogP contribution in [0, 0.1) is 0 Å². The highest BCUT2D eigenvalue weighted by molar-refractivity contribution is 5.17. The fourth-order valence-corrected chi connectivity index (χ4v) is 3.76. The Morgan fingerprint density at radius 1 is 0.824 bits per heavy atom. The predicted molar refractivity (Wildman–Crippen MR) is 72.0 cm³/mol. The van der Waals surface area contributed by atoms with Gasteiger partial charge in [0.25, 0.3) is 0 Å². The lowest BCUT2D eigenvalue weighted by atomic mass is 10.0. The van der Waals surface area contributed by atoms with E-state index in [2.05, 4.69) is 15.9 Å². The molecule has 2 heteroatoms. The molecular formula is C15H26N2. The monoisotopic (exact) mass is 234 g/mol. The van der Waals surface area contributed by atoms with Crippen LogP contribution in [0.25, 0.3) is 0 Å². The van der Waals surface area contributed by atoms with E-state index in [0.29, 0.717) is 0 Å². The Morgan fingerprint density at radius 2 is 1.47 bits per heavy atom. The fraction of sp³-hybridized carbons (Fsp3) is 0.867. The van der Waals surface area contributed by atoms with Crippen LogP contribution >= 0.6 is 0 Å². The minimum absolute atomic E-state index is 0.772. The molecule has 0 N–H and O–H groups in total. The Labute approximate surface area is 106 Å². The van der Waals surface area contributed by atoms with E-state index in [0.717, 1.165) is 6.04 Å². The maximum atomic E-state index is 2.76. The molecule has 2 heterocycles. The van der Waals surface area contributed by atoms with E-state index in [-0.39, 0.29) is 0 Å². The highest BCUT2D eigenvalue weighted by Crippen LogP contribution is 2.30. The average molecular weight is 234 g/mol. The maximum absolute atomic E-state index is 2.76. The number of rotatable bonds is 2.